The summed E-state index contributed by atoms with van der Waals surface area (Å²) in [6.45, 7) is 1.66. The normalized spacial score (nSPS) is 11.9. The first-order valence-corrected chi connectivity index (χ1v) is 16.6. The maximum Gasteiger partial charge on any atom is 0.264 e. The minimum atomic E-state index is -4.29. The number of carbonyl (C=O) groups excluding carboxylic acids is 2. The zero-order chi connectivity index (χ0) is 31.7. The molecule has 0 saturated heterocycles. The summed E-state index contributed by atoms with van der Waals surface area (Å²) in [7, 11) is -4.29. The highest BCUT2D eigenvalue weighted by Crippen LogP contribution is 2.33. The van der Waals surface area contributed by atoms with Gasteiger partial charge in [-0.15, -0.1) is 0 Å². The van der Waals surface area contributed by atoms with Gasteiger partial charge in [0.25, 0.3) is 10.0 Å². The summed E-state index contributed by atoms with van der Waals surface area (Å²) in [4.78, 5) is 29.5. The molecule has 1 N–H and O–H groups in total. The summed E-state index contributed by atoms with van der Waals surface area (Å²) < 4.78 is 29.0. The topological polar surface area (TPSA) is 86.8 Å². The van der Waals surface area contributed by atoms with Gasteiger partial charge in [-0.25, -0.2) is 8.42 Å². The molecule has 0 aromatic heterocycles. The van der Waals surface area contributed by atoms with Gasteiger partial charge < -0.3 is 10.2 Å². The second kappa shape index (κ2) is 15.4. The Hall–Kier alpha value is -3.56. The van der Waals surface area contributed by atoms with E-state index < -0.39 is 28.5 Å². The number of benzene rings is 4. The molecule has 0 saturated carbocycles. The van der Waals surface area contributed by atoms with Gasteiger partial charge in [0.05, 0.1) is 15.6 Å². The van der Waals surface area contributed by atoms with E-state index in [9.17, 15) is 18.0 Å². The molecule has 0 fully saturated rings. The lowest BCUT2D eigenvalue weighted by Crippen LogP contribution is -2.53. The van der Waals surface area contributed by atoms with E-state index >= 15 is 0 Å². The Labute approximate surface area is 273 Å². The largest absolute Gasteiger partial charge is 0.354 e. The molecule has 0 unspecified atom stereocenters. The summed E-state index contributed by atoms with van der Waals surface area (Å²) in [6, 6.07) is 27.5. The lowest BCUT2D eigenvalue weighted by molar-refractivity contribution is -0.140. The number of rotatable bonds is 13. The summed E-state index contributed by atoms with van der Waals surface area (Å²) in [6.07, 6.45) is 0.889. The Morgan fingerprint density at radius 2 is 1.45 bits per heavy atom. The van der Waals surface area contributed by atoms with Crippen molar-refractivity contribution in [2.24, 2.45) is 0 Å². The number of carbonyl (C=O) groups is 2. The van der Waals surface area contributed by atoms with Crippen molar-refractivity contribution in [3.63, 3.8) is 0 Å². The van der Waals surface area contributed by atoms with Gasteiger partial charge in [0, 0.05) is 29.6 Å². The van der Waals surface area contributed by atoms with E-state index in [1.807, 2.05) is 37.3 Å². The van der Waals surface area contributed by atoms with Crippen molar-refractivity contribution in [1.29, 1.82) is 0 Å². The molecule has 7 nitrogen and oxygen atoms in total. The van der Waals surface area contributed by atoms with Crippen molar-refractivity contribution >= 4 is 62.3 Å². The molecule has 2 amide bonds. The number of amides is 2. The molecule has 0 radical (unpaired) electrons. The minimum absolute atomic E-state index is 0.0296. The summed E-state index contributed by atoms with van der Waals surface area (Å²) >= 11 is 19.2. The molecule has 4 aromatic rings. The molecule has 0 heterocycles. The molecule has 0 aliphatic heterocycles. The quantitative estimate of drug-likeness (QED) is 0.166. The first kappa shape index (κ1) is 33.3. The van der Waals surface area contributed by atoms with Gasteiger partial charge in [0.15, 0.2) is 0 Å². The van der Waals surface area contributed by atoms with Crippen molar-refractivity contribution in [3.05, 3.63) is 129 Å². The Kier molecular flexibility index (Phi) is 11.7. The molecule has 44 heavy (non-hydrogen) atoms. The summed E-state index contributed by atoms with van der Waals surface area (Å²) in [5.74, 6) is -0.985. The maximum absolute atomic E-state index is 14.4. The van der Waals surface area contributed by atoms with Crippen molar-refractivity contribution in [1.82, 2.24) is 10.2 Å². The van der Waals surface area contributed by atoms with Crippen LogP contribution in [0.3, 0.4) is 0 Å². The number of nitrogens with one attached hydrogen (secondary N) is 1. The molecule has 1 atom stereocenters. The lowest BCUT2D eigenvalue weighted by atomic mass is 10.0. The zero-order valence-corrected chi connectivity index (χ0v) is 27.1. The van der Waals surface area contributed by atoms with Crippen LogP contribution in [-0.4, -0.2) is 44.3 Å². The number of nitrogens with zero attached hydrogens (tertiary/aromatic N) is 2. The molecule has 4 rings (SSSR count). The molecule has 230 valence electrons. The predicted octanol–water partition coefficient (Wildman–Crippen LogP) is 7.01. The average Bonchev–Trinajstić information content (AvgIpc) is 3.02. The van der Waals surface area contributed by atoms with Crippen molar-refractivity contribution < 1.29 is 18.0 Å². The fourth-order valence-electron chi connectivity index (χ4n) is 4.65. The predicted molar refractivity (Wildman–Crippen MR) is 177 cm³/mol. The van der Waals surface area contributed by atoms with Crippen molar-refractivity contribution in [3.8, 4) is 0 Å². The summed E-state index contributed by atoms with van der Waals surface area (Å²) in [5.41, 5.74) is 1.50. The van der Waals surface area contributed by atoms with E-state index in [1.165, 1.54) is 35.2 Å². The Balaban J connectivity index is 1.82. The van der Waals surface area contributed by atoms with Crippen LogP contribution in [0.4, 0.5) is 5.69 Å². The van der Waals surface area contributed by atoms with Gasteiger partial charge >= 0.3 is 0 Å². The first-order valence-electron chi connectivity index (χ1n) is 14.0. The molecule has 0 bridgehead atoms. The van der Waals surface area contributed by atoms with Gasteiger partial charge in [-0.2, -0.15) is 0 Å². The van der Waals surface area contributed by atoms with Gasteiger partial charge in [0.1, 0.15) is 12.6 Å². The number of hydrogen-bond acceptors (Lipinski definition) is 4. The van der Waals surface area contributed by atoms with E-state index in [0.717, 1.165) is 9.87 Å². The fourth-order valence-corrected chi connectivity index (χ4v) is 6.86. The van der Waals surface area contributed by atoms with Crippen LogP contribution in [0.15, 0.2) is 108 Å². The Morgan fingerprint density at radius 1 is 0.818 bits per heavy atom. The third kappa shape index (κ3) is 8.33. The van der Waals surface area contributed by atoms with Gasteiger partial charge in [0.2, 0.25) is 11.8 Å². The minimum Gasteiger partial charge on any atom is -0.354 e. The van der Waals surface area contributed by atoms with Crippen LogP contribution >= 0.6 is 34.8 Å². The van der Waals surface area contributed by atoms with Crippen LogP contribution < -0.4 is 9.62 Å². The third-order valence-corrected chi connectivity index (χ3v) is 9.59. The molecule has 11 heteroatoms. The number of hydrogen-bond donors (Lipinski definition) is 1. The van der Waals surface area contributed by atoms with Crippen LogP contribution in [0.25, 0.3) is 0 Å². The third-order valence-electron chi connectivity index (χ3n) is 6.91. The Bertz CT molecular complexity index is 1690. The van der Waals surface area contributed by atoms with E-state index in [4.69, 9.17) is 34.8 Å². The highest BCUT2D eigenvalue weighted by molar-refractivity contribution is 7.92. The Morgan fingerprint density at radius 3 is 2.09 bits per heavy atom. The highest BCUT2D eigenvalue weighted by atomic mass is 35.5. The smallest absolute Gasteiger partial charge is 0.264 e. The molecular weight excluding hydrogens is 641 g/mol. The monoisotopic (exact) mass is 671 g/mol. The molecule has 4 aromatic carbocycles. The van der Waals surface area contributed by atoms with Gasteiger partial charge in [-0.3, -0.25) is 13.9 Å². The van der Waals surface area contributed by atoms with E-state index in [1.54, 1.807) is 42.5 Å². The standard InChI is InChI=1S/C33H32Cl3N3O4S/c1-2-19-37-33(41)31(20-24-11-5-3-6-12-24)38(22-25-13-9-10-16-28(25)35)32(40)23-39(30-18-17-26(34)21-29(30)36)44(42,43)27-14-7-4-8-15-27/h3-18,21,31H,2,19-20,22-23H2,1H3,(H,37,41)/t31-/m1/s1. The summed E-state index contributed by atoms with van der Waals surface area (Å²) in [5, 5.41) is 3.67. The van der Waals surface area contributed by atoms with Crippen LogP contribution in [0.1, 0.15) is 24.5 Å². The number of halogens is 3. The van der Waals surface area contributed by atoms with Crippen LogP contribution in [0.2, 0.25) is 15.1 Å². The van der Waals surface area contributed by atoms with Crippen LogP contribution in [0, 0.1) is 0 Å². The molecule has 0 spiro atoms. The fraction of sp³-hybridized carbons (Fsp3) is 0.212. The van der Waals surface area contributed by atoms with E-state index in [-0.39, 0.29) is 34.5 Å². The van der Waals surface area contributed by atoms with Crippen molar-refractivity contribution in [2.45, 2.75) is 37.2 Å². The molecule has 0 aliphatic rings. The van der Waals surface area contributed by atoms with E-state index in [2.05, 4.69) is 5.32 Å². The van der Waals surface area contributed by atoms with Gasteiger partial charge in [-0.05, 0) is 53.9 Å². The second-order valence-corrected chi connectivity index (χ2v) is 13.1. The highest BCUT2D eigenvalue weighted by Gasteiger charge is 2.35. The zero-order valence-electron chi connectivity index (χ0n) is 24.0. The lowest BCUT2D eigenvalue weighted by Gasteiger charge is -2.34. The number of sulfonamides is 1. The van der Waals surface area contributed by atoms with Crippen molar-refractivity contribution in [2.75, 3.05) is 17.4 Å². The van der Waals surface area contributed by atoms with Crippen LogP contribution in [0.5, 0.6) is 0 Å². The number of anilines is 1. The second-order valence-electron chi connectivity index (χ2n) is 10.0. The molecule has 0 aliphatic carbocycles. The van der Waals surface area contributed by atoms with Gasteiger partial charge in [-0.1, -0.05) is 108 Å². The molecular formula is C33H32Cl3N3O4S. The van der Waals surface area contributed by atoms with Crippen LogP contribution in [-0.2, 0) is 32.6 Å². The first-order chi connectivity index (χ1) is 21.1. The SMILES string of the molecule is CCCNC(=O)[C@@H](Cc1ccccc1)N(Cc1ccccc1Cl)C(=O)CN(c1ccc(Cl)cc1Cl)S(=O)(=O)c1ccccc1. The maximum atomic E-state index is 14.4. The average molecular weight is 673 g/mol. The van der Waals surface area contributed by atoms with E-state index in [0.29, 0.717) is 28.6 Å².